The molecule has 0 aromatic heterocycles. The minimum absolute atomic E-state index is 0.0605. The molecule has 0 heterocycles. The zero-order chi connectivity index (χ0) is 12.6. The van der Waals surface area contributed by atoms with E-state index in [1.807, 2.05) is 5.43 Å². The highest BCUT2D eigenvalue weighted by molar-refractivity contribution is 5.80. The Bertz CT molecular complexity index is 211. The molecule has 0 rings (SSSR count). The van der Waals surface area contributed by atoms with E-state index >= 15 is 0 Å². The molecule has 3 N–H and O–H groups in total. The number of rotatable bonds is 7. The van der Waals surface area contributed by atoms with Gasteiger partial charge in [-0.3, -0.25) is 10.2 Å². The molecule has 96 valence electrons. The summed E-state index contributed by atoms with van der Waals surface area (Å²) in [6.45, 7) is -0.240. The Morgan fingerprint density at radius 1 is 1.50 bits per heavy atom. The highest BCUT2D eigenvalue weighted by Gasteiger charge is 2.26. The quantitative estimate of drug-likeness (QED) is 0.293. The predicted octanol–water partition coefficient (Wildman–Crippen LogP) is 0.350. The third kappa shape index (κ3) is 7.43. The lowest BCUT2D eigenvalue weighted by atomic mass is 10.3. The molecule has 0 aliphatic heterocycles. The Morgan fingerprint density at radius 2 is 2.12 bits per heavy atom. The first-order valence-electron chi connectivity index (χ1n) is 4.58. The summed E-state index contributed by atoms with van der Waals surface area (Å²) in [5.74, 6) is 4.23. The van der Waals surface area contributed by atoms with E-state index in [1.165, 1.54) is 7.11 Å². The van der Waals surface area contributed by atoms with E-state index < -0.39 is 24.6 Å². The fraction of sp³-hybridized carbons (Fsp3) is 0.875. The Kier molecular flexibility index (Phi) is 7.02. The zero-order valence-electron chi connectivity index (χ0n) is 8.84. The first-order chi connectivity index (χ1) is 7.40. The predicted molar refractivity (Wildman–Crippen MR) is 49.2 cm³/mol. The molecule has 0 aliphatic carbocycles. The van der Waals surface area contributed by atoms with E-state index in [2.05, 4.69) is 4.74 Å². The van der Waals surface area contributed by atoms with Gasteiger partial charge in [-0.1, -0.05) is 0 Å². The molecular formula is C8H15F3N2O3. The highest BCUT2D eigenvalue weighted by Crippen LogP contribution is 2.21. The number of methoxy groups -OCH3 is 1. The lowest BCUT2D eigenvalue weighted by Crippen LogP contribution is -2.43. The van der Waals surface area contributed by atoms with Crippen LogP contribution < -0.4 is 11.3 Å². The van der Waals surface area contributed by atoms with Crippen molar-refractivity contribution in [3.8, 4) is 0 Å². The molecule has 0 fully saturated rings. The number of amides is 1. The maximum absolute atomic E-state index is 11.8. The van der Waals surface area contributed by atoms with Crippen LogP contribution in [0.4, 0.5) is 13.2 Å². The van der Waals surface area contributed by atoms with Crippen LogP contribution in [0.5, 0.6) is 0 Å². The van der Waals surface area contributed by atoms with Gasteiger partial charge < -0.3 is 9.47 Å². The number of hydrogen-bond donors (Lipinski definition) is 2. The summed E-state index contributed by atoms with van der Waals surface area (Å²) < 4.78 is 44.9. The van der Waals surface area contributed by atoms with Gasteiger partial charge in [0, 0.05) is 20.1 Å². The van der Waals surface area contributed by atoms with Crippen LogP contribution in [0.2, 0.25) is 0 Å². The highest BCUT2D eigenvalue weighted by atomic mass is 19.4. The zero-order valence-corrected chi connectivity index (χ0v) is 8.84. The molecule has 0 bridgehead atoms. The molecule has 0 aromatic carbocycles. The van der Waals surface area contributed by atoms with Crippen LogP contribution in [0.15, 0.2) is 0 Å². The average molecular weight is 244 g/mol. The number of hydrazine groups is 1. The monoisotopic (exact) mass is 244 g/mol. The number of alkyl halides is 3. The standard InChI is InChI=1S/C8H15F3N2O3/c1-15-5-6(7(14)13-12)16-4-2-3-8(9,10)11/h6H,2-5,12H2,1H3,(H,13,14). The number of hydrogen-bond acceptors (Lipinski definition) is 4. The summed E-state index contributed by atoms with van der Waals surface area (Å²) in [7, 11) is 1.34. The van der Waals surface area contributed by atoms with Gasteiger partial charge in [0.2, 0.25) is 0 Å². The van der Waals surface area contributed by atoms with Crippen molar-refractivity contribution in [3.63, 3.8) is 0 Å². The molecule has 0 radical (unpaired) electrons. The Balaban J connectivity index is 3.81. The number of halogens is 3. The summed E-state index contributed by atoms with van der Waals surface area (Å²) >= 11 is 0. The SMILES string of the molecule is COCC(OCCCC(F)(F)F)C(=O)NN. The molecule has 0 saturated heterocycles. The first kappa shape index (κ1) is 15.1. The maximum Gasteiger partial charge on any atom is 0.389 e. The topological polar surface area (TPSA) is 73.6 Å². The number of nitrogens with one attached hydrogen (secondary N) is 1. The van der Waals surface area contributed by atoms with E-state index in [-0.39, 0.29) is 19.6 Å². The fourth-order valence-electron chi connectivity index (χ4n) is 0.942. The Hall–Kier alpha value is -0.860. The summed E-state index contributed by atoms with van der Waals surface area (Å²) in [5, 5.41) is 0. The second-order valence-corrected chi connectivity index (χ2v) is 3.04. The molecule has 1 unspecified atom stereocenters. The third-order valence-electron chi connectivity index (χ3n) is 1.68. The second-order valence-electron chi connectivity index (χ2n) is 3.04. The molecule has 8 heteroatoms. The van der Waals surface area contributed by atoms with Crippen LogP contribution in [0, 0.1) is 0 Å². The smallest absolute Gasteiger partial charge is 0.381 e. The number of ether oxygens (including phenoxy) is 2. The van der Waals surface area contributed by atoms with Gasteiger partial charge in [0.15, 0.2) is 6.10 Å². The summed E-state index contributed by atoms with van der Waals surface area (Å²) in [4.78, 5) is 11.0. The van der Waals surface area contributed by atoms with Gasteiger partial charge in [-0.15, -0.1) is 0 Å². The molecule has 0 spiro atoms. The van der Waals surface area contributed by atoms with Crippen LogP contribution in [-0.2, 0) is 14.3 Å². The van der Waals surface area contributed by atoms with Crippen molar-refractivity contribution in [3.05, 3.63) is 0 Å². The van der Waals surface area contributed by atoms with Gasteiger partial charge in [-0.05, 0) is 6.42 Å². The van der Waals surface area contributed by atoms with E-state index in [9.17, 15) is 18.0 Å². The summed E-state index contributed by atoms with van der Waals surface area (Å²) in [6, 6.07) is 0. The fourth-order valence-corrected chi connectivity index (χ4v) is 0.942. The molecule has 1 atom stereocenters. The lowest BCUT2D eigenvalue weighted by Gasteiger charge is -2.15. The third-order valence-corrected chi connectivity index (χ3v) is 1.68. The van der Waals surface area contributed by atoms with Crippen molar-refractivity contribution in [2.24, 2.45) is 5.84 Å². The van der Waals surface area contributed by atoms with E-state index in [4.69, 9.17) is 10.6 Å². The van der Waals surface area contributed by atoms with E-state index in [0.29, 0.717) is 0 Å². The minimum Gasteiger partial charge on any atom is -0.381 e. The molecule has 1 amide bonds. The Morgan fingerprint density at radius 3 is 2.56 bits per heavy atom. The van der Waals surface area contributed by atoms with Gasteiger partial charge in [-0.25, -0.2) is 5.84 Å². The normalized spacial score (nSPS) is 13.6. The van der Waals surface area contributed by atoms with E-state index in [0.717, 1.165) is 0 Å². The van der Waals surface area contributed by atoms with E-state index in [1.54, 1.807) is 0 Å². The van der Waals surface area contributed by atoms with Crippen LogP contribution >= 0.6 is 0 Å². The van der Waals surface area contributed by atoms with Gasteiger partial charge in [0.25, 0.3) is 5.91 Å². The average Bonchev–Trinajstić information content (AvgIpc) is 2.20. The first-order valence-corrected chi connectivity index (χ1v) is 4.58. The second kappa shape index (κ2) is 7.42. The van der Waals surface area contributed by atoms with Crippen molar-refractivity contribution in [1.29, 1.82) is 0 Å². The van der Waals surface area contributed by atoms with Crippen molar-refractivity contribution >= 4 is 5.91 Å². The van der Waals surface area contributed by atoms with Gasteiger partial charge >= 0.3 is 6.18 Å². The maximum atomic E-state index is 11.8. The summed E-state index contributed by atoms with van der Waals surface area (Å²) in [6.07, 6.45) is -6.35. The van der Waals surface area contributed by atoms with Crippen molar-refractivity contribution in [1.82, 2.24) is 5.43 Å². The number of carbonyl (C=O) groups excluding carboxylic acids is 1. The molecule has 16 heavy (non-hydrogen) atoms. The number of nitrogens with two attached hydrogens (primary N) is 1. The molecule has 5 nitrogen and oxygen atoms in total. The van der Waals surface area contributed by atoms with Gasteiger partial charge in [-0.2, -0.15) is 13.2 Å². The molecule has 0 saturated carbocycles. The number of carbonyl (C=O) groups is 1. The van der Waals surface area contributed by atoms with Crippen LogP contribution in [0.1, 0.15) is 12.8 Å². The van der Waals surface area contributed by atoms with Crippen LogP contribution in [-0.4, -0.2) is 38.5 Å². The summed E-state index contributed by atoms with van der Waals surface area (Å²) in [5.41, 5.74) is 1.84. The van der Waals surface area contributed by atoms with Crippen molar-refractivity contribution in [2.75, 3.05) is 20.3 Å². The van der Waals surface area contributed by atoms with Crippen molar-refractivity contribution in [2.45, 2.75) is 25.1 Å². The Labute approximate surface area is 91.0 Å². The lowest BCUT2D eigenvalue weighted by molar-refractivity contribution is -0.144. The van der Waals surface area contributed by atoms with Gasteiger partial charge in [0.1, 0.15) is 0 Å². The largest absolute Gasteiger partial charge is 0.389 e. The molecular weight excluding hydrogens is 229 g/mol. The molecule has 0 aliphatic rings. The van der Waals surface area contributed by atoms with Crippen molar-refractivity contribution < 1.29 is 27.4 Å². The minimum atomic E-state index is -4.21. The van der Waals surface area contributed by atoms with Gasteiger partial charge in [0.05, 0.1) is 6.61 Å². The van der Waals surface area contributed by atoms with Crippen LogP contribution in [0.3, 0.4) is 0 Å². The van der Waals surface area contributed by atoms with Crippen LogP contribution in [0.25, 0.3) is 0 Å². The molecule has 0 aromatic rings.